The van der Waals surface area contributed by atoms with Gasteiger partial charge in [0, 0.05) is 20.1 Å². The molecule has 0 bridgehead atoms. The Morgan fingerprint density at radius 3 is 2.62 bits per heavy atom. The summed E-state index contributed by atoms with van der Waals surface area (Å²) in [6.45, 7) is 4.95. The van der Waals surface area contributed by atoms with Crippen molar-refractivity contribution in [2.75, 3.05) is 33.9 Å². The van der Waals surface area contributed by atoms with E-state index in [4.69, 9.17) is 9.47 Å². The maximum atomic E-state index is 11.5. The van der Waals surface area contributed by atoms with E-state index in [1.807, 2.05) is 18.2 Å². The molecule has 1 unspecified atom stereocenters. The fourth-order valence-corrected chi connectivity index (χ4v) is 3.37. The van der Waals surface area contributed by atoms with Crippen LogP contribution in [0.2, 0.25) is 0 Å². The number of halogens is 1. The lowest BCUT2D eigenvalue weighted by Gasteiger charge is -2.35. The predicted octanol–water partition coefficient (Wildman–Crippen LogP) is 3.55. The summed E-state index contributed by atoms with van der Waals surface area (Å²) < 4.78 is 10.7. The Hall–Kier alpha value is -2.13. The minimum absolute atomic E-state index is 0. The molecule has 2 aromatic carbocycles. The van der Waals surface area contributed by atoms with E-state index in [2.05, 4.69) is 40.3 Å². The van der Waals surface area contributed by atoms with Crippen LogP contribution in [0.15, 0.2) is 53.5 Å². The zero-order valence-corrected chi connectivity index (χ0v) is 19.4. The van der Waals surface area contributed by atoms with Gasteiger partial charge >= 0.3 is 5.97 Å². The summed E-state index contributed by atoms with van der Waals surface area (Å²) in [6, 6.07) is 15.7. The summed E-state index contributed by atoms with van der Waals surface area (Å²) in [7, 11) is 3.18. The molecule has 2 aromatic rings. The molecule has 1 saturated heterocycles. The molecule has 1 atom stereocenters. The van der Waals surface area contributed by atoms with Crippen LogP contribution in [0.5, 0.6) is 0 Å². The first kappa shape index (κ1) is 23.2. The van der Waals surface area contributed by atoms with E-state index in [1.165, 1.54) is 18.2 Å². The van der Waals surface area contributed by atoms with Gasteiger partial charge < -0.3 is 19.7 Å². The van der Waals surface area contributed by atoms with Crippen molar-refractivity contribution in [3.8, 4) is 0 Å². The summed E-state index contributed by atoms with van der Waals surface area (Å²) in [5.74, 6) is 0.518. The number of ether oxygens (including phenoxy) is 2. The molecule has 1 aliphatic rings. The fraction of sp³-hybridized carbons (Fsp3) is 0.364. The van der Waals surface area contributed by atoms with Crippen molar-refractivity contribution in [3.05, 3.63) is 70.8 Å². The summed E-state index contributed by atoms with van der Waals surface area (Å²) in [6.07, 6.45) is 0.0350. The molecule has 7 heteroatoms. The number of guanidine groups is 1. The highest BCUT2D eigenvalue weighted by atomic mass is 127. The molecule has 0 aromatic heterocycles. The lowest BCUT2D eigenvalue weighted by molar-refractivity contribution is -0.00834. The fourth-order valence-electron chi connectivity index (χ4n) is 3.37. The Bertz CT molecular complexity index is 839. The Morgan fingerprint density at radius 2 is 1.97 bits per heavy atom. The molecule has 6 nitrogen and oxygen atoms in total. The number of carbonyl (C=O) groups excluding carboxylic acids is 1. The summed E-state index contributed by atoms with van der Waals surface area (Å²) in [4.78, 5) is 18.2. The molecule has 0 radical (unpaired) electrons. The summed E-state index contributed by atoms with van der Waals surface area (Å²) in [5, 5.41) is 3.41. The quantitative estimate of drug-likeness (QED) is 0.296. The molecule has 1 heterocycles. The number of nitrogens with zero attached hydrogens (tertiary/aromatic N) is 2. The lowest BCUT2D eigenvalue weighted by Crippen LogP contribution is -2.48. The van der Waals surface area contributed by atoms with Gasteiger partial charge in [-0.05, 0) is 35.7 Å². The second-order valence-corrected chi connectivity index (χ2v) is 6.75. The highest BCUT2D eigenvalue weighted by Gasteiger charge is 2.25. The largest absolute Gasteiger partial charge is 0.465 e. The number of aryl methyl sites for hydroxylation is 1. The maximum Gasteiger partial charge on any atom is 0.337 e. The topological polar surface area (TPSA) is 63.2 Å². The first-order chi connectivity index (χ1) is 13.6. The Morgan fingerprint density at radius 1 is 1.24 bits per heavy atom. The second-order valence-electron chi connectivity index (χ2n) is 6.75. The lowest BCUT2D eigenvalue weighted by atomic mass is 10.0. The monoisotopic (exact) mass is 509 g/mol. The van der Waals surface area contributed by atoms with Crippen molar-refractivity contribution in [2.45, 2.75) is 19.6 Å². The Labute approximate surface area is 189 Å². The van der Waals surface area contributed by atoms with Crippen LogP contribution in [0, 0.1) is 6.92 Å². The van der Waals surface area contributed by atoms with E-state index in [-0.39, 0.29) is 36.0 Å². The number of rotatable bonds is 4. The molecule has 0 aliphatic carbocycles. The van der Waals surface area contributed by atoms with Crippen LogP contribution in [-0.2, 0) is 16.0 Å². The molecule has 0 saturated carbocycles. The number of hydrogen-bond acceptors (Lipinski definition) is 4. The van der Waals surface area contributed by atoms with Crippen LogP contribution in [0.3, 0.4) is 0 Å². The third kappa shape index (κ3) is 5.93. The number of morpholine rings is 1. The number of hydrogen-bond donors (Lipinski definition) is 1. The van der Waals surface area contributed by atoms with Crippen molar-refractivity contribution in [3.63, 3.8) is 0 Å². The zero-order chi connectivity index (χ0) is 19.9. The van der Waals surface area contributed by atoms with E-state index < -0.39 is 0 Å². The van der Waals surface area contributed by atoms with Gasteiger partial charge in [0.1, 0.15) is 6.10 Å². The van der Waals surface area contributed by atoms with Crippen LogP contribution < -0.4 is 5.32 Å². The molecule has 3 rings (SSSR count). The van der Waals surface area contributed by atoms with Crippen LogP contribution in [0.4, 0.5) is 0 Å². The van der Waals surface area contributed by atoms with Crippen molar-refractivity contribution in [1.29, 1.82) is 0 Å². The second kappa shape index (κ2) is 11.2. The predicted molar refractivity (Wildman–Crippen MR) is 125 cm³/mol. The number of nitrogens with one attached hydrogen (secondary N) is 1. The molecule has 0 amide bonds. The third-order valence-electron chi connectivity index (χ3n) is 4.94. The summed E-state index contributed by atoms with van der Waals surface area (Å²) in [5.41, 5.74) is 4.08. The SMILES string of the molecule is CN=C(NCc1ccc(C(=O)OC)cc1)N1CCOC(c2ccccc2C)C1.I. The van der Waals surface area contributed by atoms with Crippen molar-refractivity contribution < 1.29 is 14.3 Å². The van der Waals surface area contributed by atoms with Gasteiger partial charge in [-0.1, -0.05) is 36.4 Å². The van der Waals surface area contributed by atoms with Crippen molar-refractivity contribution in [2.24, 2.45) is 4.99 Å². The average molecular weight is 509 g/mol. The smallest absolute Gasteiger partial charge is 0.337 e. The number of aliphatic imine (C=N–C) groups is 1. The van der Waals surface area contributed by atoms with Crippen LogP contribution in [0.1, 0.15) is 33.2 Å². The maximum absolute atomic E-state index is 11.5. The Balaban J connectivity index is 0.00000300. The van der Waals surface area contributed by atoms with Gasteiger partial charge in [0.05, 0.1) is 25.8 Å². The Kier molecular flexibility index (Phi) is 8.91. The minimum Gasteiger partial charge on any atom is -0.465 e. The molecule has 1 N–H and O–H groups in total. The van der Waals surface area contributed by atoms with E-state index in [0.29, 0.717) is 18.7 Å². The van der Waals surface area contributed by atoms with Gasteiger partial charge in [-0.25, -0.2) is 4.79 Å². The normalized spacial score (nSPS) is 16.7. The van der Waals surface area contributed by atoms with Gasteiger partial charge in [-0.3, -0.25) is 4.99 Å². The molecule has 1 aliphatic heterocycles. The molecule has 156 valence electrons. The van der Waals surface area contributed by atoms with Gasteiger partial charge in [0.25, 0.3) is 0 Å². The van der Waals surface area contributed by atoms with Crippen LogP contribution in [-0.4, -0.2) is 50.7 Å². The van der Waals surface area contributed by atoms with Crippen LogP contribution >= 0.6 is 24.0 Å². The minimum atomic E-state index is -0.328. The van der Waals surface area contributed by atoms with Crippen molar-refractivity contribution in [1.82, 2.24) is 10.2 Å². The van der Waals surface area contributed by atoms with Crippen LogP contribution in [0.25, 0.3) is 0 Å². The van der Waals surface area contributed by atoms with E-state index in [0.717, 1.165) is 24.6 Å². The summed E-state index contributed by atoms with van der Waals surface area (Å²) >= 11 is 0. The molecule has 29 heavy (non-hydrogen) atoms. The number of benzene rings is 2. The highest BCUT2D eigenvalue weighted by molar-refractivity contribution is 14.0. The zero-order valence-electron chi connectivity index (χ0n) is 17.1. The van der Waals surface area contributed by atoms with E-state index in [1.54, 1.807) is 19.2 Å². The first-order valence-electron chi connectivity index (χ1n) is 9.42. The number of methoxy groups -OCH3 is 1. The highest BCUT2D eigenvalue weighted by Crippen LogP contribution is 2.25. The number of carbonyl (C=O) groups is 1. The third-order valence-corrected chi connectivity index (χ3v) is 4.94. The van der Waals surface area contributed by atoms with E-state index >= 15 is 0 Å². The average Bonchev–Trinajstić information content (AvgIpc) is 2.74. The molecule has 0 spiro atoms. The molecular formula is C22H28IN3O3. The first-order valence-corrected chi connectivity index (χ1v) is 9.42. The standard InChI is InChI=1S/C22H27N3O3.HI/c1-16-6-4-5-7-19(16)20-15-25(12-13-28-20)22(23-2)24-14-17-8-10-18(11-9-17)21(26)27-3;/h4-11,20H,12-15H2,1-3H3,(H,23,24);1H. The van der Waals surface area contributed by atoms with Gasteiger partial charge in [-0.15, -0.1) is 24.0 Å². The van der Waals surface area contributed by atoms with Gasteiger partial charge in [0.2, 0.25) is 0 Å². The molecule has 1 fully saturated rings. The van der Waals surface area contributed by atoms with Crippen molar-refractivity contribution >= 4 is 35.9 Å². The van der Waals surface area contributed by atoms with Gasteiger partial charge in [-0.2, -0.15) is 0 Å². The van der Waals surface area contributed by atoms with E-state index in [9.17, 15) is 4.79 Å². The van der Waals surface area contributed by atoms with Gasteiger partial charge in [0.15, 0.2) is 5.96 Å². The molecular weight excluding hydrogens is 481 g/mol. The number of esters is 1.